The predicted octanol–water partition coefficient (Wildman–Crippen LogP) is 0.693. The molecular weight excluding hydrogens is 296 g/mol. The zero-order valence-electron chi connectivity index (χ0n) is 13.1. The SMILES string of the molecule is Cc1cc(C)c(CNC(=O)NCCNc2ncccn2)c(=O)[nH]1. The molecular formula is C15H20N6O2. The monoisotopic (exact) mass is 316 g/mol. The van der Waals surface area contributed by atoms with Crippen LogP contribution in [-0.4, -0.2) is 34.1 Å². The van der Waals surface area contributed by atoms with Crippen molar-refractivity contribution in [1.29, 1.82) is 0 Å². The molecule has 4 N–H and O–H groups in total. The molecule has 2 amide bonds. The second-order valence-corrected chi connectivity index (χ2v) is 5.05. The van der Waals surface area contributed by atoms with Gasteiger partial charge in [0.2, 0.25) is 5.95 Å². The number of aryl methyl sites for hydroxylation is 2. The summed E-state index contributed by atoms with van der Waals surface area (Å²) in [4.78, 5) is 34.3. The van der Waals surface area contributed by atoms with Gasteiger partial charge in [-0.3, -0.25) is 4.79 Å². The first-order chi connectivity index (χ1) is 11.1. The molecule has 0 aliphatic rings. The van der Waals surface area contributed by atoms with Crippen molar-refractivity contribution < 1.29 is 4.79 Å². The molecule has 2 aromatic heterocycles. The molecule has 2 heterocycles. The smallest absolute Gasteiger partial charge is 0.315 e. The first kappa shape index (κ1) is 16.5. The fourth-order valence-electron chi connectivity index (χ4n) is 2.07. The van der Waals surface area contributed by atoms with Crippen LogP contribution < -0.4 is 21.5 Å². The molecule has 0 atom stereocenters. The third kappa shape index (κ3) is 5.10. The van der Waals surface area contributed by atoms with Crippen LogP contribution in [0.3, 0.4) is 0 Å². The van der Waals surface area contributed by atoms with Crippen molar-refractivity contribution in [2.75, 3.05) is 18.4 Å². The second-order valence-electron chi connectivity index (χ2n) is 5.05. The fraction of sp³-hybridized carbons (Fsp3) is 0.333. The molecule has 0 saturated carbocycles. The van der Waals surface area contributed by atoms with Crippen molar-refractivity contribution in [3.05, 3.63) is 51.7 Å². The Morgan fingerprint density at radius 2 is 1.91 bits per heavy atom. The van der Waals surface area contributed by atoms with E-state index in [-0.39, 0.29) is 18.1 Å². The lowest BCUT2D eigenvalue weighted by Crippen LogP contribution is -2.38. The zero-order chi connectivity index (χ0) is 16.7. The van der Waals surface area contributed by atoms with Crippen molar-refractivity contribution in [3.8, 4) is 0 Å². The van der Waals surface area contributed by atoms with Crippen LogP contribution in [0.15, 0.2) is 29.3 Å². The highest BCUT2D eigenvalue weighted by molar-refractivity contribution is 5.73. The van der Waals surface area contributed by atoms with Gasteiger partial charge in [0, 0.05) is 36.7 Å². The topological polar surface area (TPSA) is 112 Å². The normalized spacial score (nSPS) is 10.2. The third-order valence-corrected chi connectivity index (χ3v) is 3.18. The Labute approximate surface area is 133 Å². The summed E-state index contributed by atoms with van der Waals surface area (Å²) in [5.41, 5.74) is 2.04. The van der Waals surface area contributed by atoms with Crippen LogP contribution in [-0.2, 0) is 6.54 Å². The van der Waals surface area contributed by atoms with Crippen LogP contribution in [0.25, 0.3) is 0 Å². The number of aromatic nitrogens is 3. The van der Waals surface area contributed by atoms with E-state index in [2.05, 4.69) is 30.9 Å². The van der Waals surface area contributed by atoms with Crippen molar-refractivity contribution in [2.45, 2.75) is 20.4 Å². The molecule has 2 rings (SSSR count). The Bertz CT molecular complexity index is 714. The number of hydrogen-bond acceptors (Lipinski definition) is 5. The van der Waals surface area contributed by atoms with E-state index in [1.54, 1.807) is 18.5 Å². The number of H-pyrrole nitrogens is 1. The standard InChI is InChI=1S/C15H20N6O2/c1-10-8-11(2)21-13(22)12(10)9-20-15(23)19-7-6-18-14-16-4-3-5-17-14/h3-5,8H,6-7,9H2,1-2H3,(H,21,22)(H,16,17,18)(H2,19,20,23). The fourth-order valence-corrected chi connectivity index (χ4v) is 2.07. The van der Waals surface area contributed by atoms with Crippen molar-refractivity contribution >= 4 is 12.0 Å². The summed E-state index contributed by atoms with van der Waals surface area (Å²) < 4.78 is 0. The minimum Gasteiger partial charge on any atom is -0.352 e. The average molecular weight is 316 g/mol. The van der Waals surface area contributed by atoms with E-state index in [0.29, 0.717) is 24.6 Å². The van der Waals surface area contributed by atoms with E-state index >= 15 is 0 Å². The first-order valence-electron chi connectivity index (χ1n) is 7.28. The molecule has 23 heavy (non-hydrogen) atoms. The van der Waals surface area contributed by atoms with E-state index in [1.807, 2.05) is 19.9 Å². The van der Waals surface area contributed by atoms with Crippen LogP contribution in [0, 0.1) is 13.8 Å². The van der Waals surface area contributed by atoms with Gasteiger partial charge in [-0.15, -0.1) is 0 Å². The highest BCUT2D eigenvalue weighted by Crippen LogP contribution is 2.02. The number of aromatic amines is 1. The Hall–Kier alpha value is -2.90. The maximum absolute atomic E-state index is 11.8. The number of pyridine rings is 1. The number of carbonyl (C=O) groups is 1. The maximum atomic E-state index is 11.8. The van der Waals surface area contributed by atoms with E-state index in [1.165, 1.54) is 0 Å². The minimum atomic E-state index is -0.333. The summed E-state index contributed by atoms with van der Waals surface area (Å²) in [5.74, 6) is 0.511. The molecule has 0 aliphatic heterocycles. The maximum Gasteiger partial charge on any atom is 0.315 e. The number of hydrogen-bond donors (Lipinski definition) is 4. The lowest BCUT2D eigenvalue weighted by atomic mass is 10.1. The van der Waals surface area contributed by atoms with Gasteiger partial charge in [0.15, 0.2) is 0 Å². The summed E-state index contributed by atoms with van der Waals surface area (Å²) in [6.07, 6.45) is 3.27. The van der Waals surface area contributed by atoms with Crippen LogP contribution >= 0.6 is 0 Å². The lowest BCUT2D eigenvalue weighted by Gasteiger charge is -2.10. The van der Waals surface area contributed by atoms with Gasteiger partial charge in [0.05, 0.1) is 6.54 Å². The summed E-state index contributed by atoms with van der Waals surface area (Å²) >= 11 is 0. The highest BCUT2D eigenvalue weighted by Gasteiger charge is 2.07. The van der Waals surface area contributed by atoms with E-state index in [9.17, 15) is 9.59 Å². The highest BCUT2D eigenvalue weighted by atomic mass is 16.2. The number of nitrogens with one attached hydrogen (secondary N) is 4. The quantitative estimate of drug-likeness (QED) is 0.586. The average Bonchev–Trinajstić information content (AvgIpc) is 2.51. The van der Waals surface area contributed by atoms with Gasteiger partial charge in [0.25, 0.3) is 5.56 Å². The molecule has 0 aliphatic carbocycles. The molecule has 8 heteroatoms. The molecule has 0 aromatic carbocycles. The number of carbonyl (C=O) groups excluding carboxylic acids is 1. The van der Waals surface area contributed by atoms with Crippen LogP contribution in [0.2, 0.25) is 0 Å². The van der Waals surface area contributed by atoms with Gasteiger partial charge in [-0.05, 0) is 31.5 Å². The largest absolute Gasteiger partial charge is 0.352 e. The van der Waals surface area contributed by atoms with Gasteiger partial charge in [0.1, 0.15) is 0 Å². The van der Waals surface area contributed by atoms with Gasteiger partial charge < -0.3 is 20.9 Å². The number of amides is 2. The Morgan fingerprint density at radius 3 is 2.61 bits per heavy atom. The molecule has 0 unspecified atom stereocenters. The van der Waals surface area contributed by atoms with Gasteiger partial charge in [-0.2, -0.15) is 0 Å². The Morgan fingerprint density at radius 1 is 1.17 bits per heavy atom. The molecule has 122 valence electrons. The Kier molecular flexibility index (Phi) is 5.67. The van der Waals surface area contributed by atoms with Crippen molar-refractivity contribution in [2.24, 2.45) is 0 Å². The number of rotatable bonds is 6. The molecule has 2 aromatic rings. The third-order valence-electron chi connectivity index (χ3n) is 3.18. The summed E-state index contributed by atoms with van der Waals surface area (Å²) in [7, 11) is 0. The van der Waals surface area contributed by atoms with Crippen LogP contribution in [0.5, 0.6) is 0 Å². The predicted molar refractivity (Wildman–Crippen MR) is 87.3 cm³/mol. The van der Waals surface area contributed by atoms with Gasteiger partial charge in [-0.1, -0.05) is 0 Å². The lowest BCUT2D eigenvalue weighted by molar-refractivity contribution is 0.241. The minimum absolute atomic E-state index is 0.175. The van der Waals surface area contributed by atoms with Crippen molar-refractivity contribution in [3.63, 3.8) is 0 Å². The molecule has 0 spiro atoms. The second kappa shape index (κ2) is 7.92. The molecule has 0 radical (unpaired) electrons. The van der Waals surface area contributed by atoms with Crippen molar-refractivity contribution in [1.82, 2.24) is 25.6 Å². The number of anilines is 1. The summed E-state index contributed by atoms with van der Waals surface area (Å²) in [6, 6.07) is 3.27. The van der Waals surface area contributed by atoms with Crippen LogP contribution in [0.1, 0.15) is 16.8 Å². The number of nitrogens with zero attached hydrogens (tertiary/aromatic N) is 2. The zero-order valence-corrected chi connectivity index (χ0v) is 13.1. The molecule has 0 bridgehead atoms. The van der Waals surface area contributed by atoms with E-state index < -0.39 is 0 Å². The summed E-state index contributed by atoms with van der Waals surface area (Å²) in [6.45, 7) is 4.76. The first-order valence-corrected chi connectivity index (χ1v) is 7.28. The molecule has 8 nitrogen and oxygen atoms in total. The molecule has 0 fully saturated rings. The number of urea groups is 1. The van der Waals surface area contributed by atoms with Gasteiger partial charge >= 0.3 is 6.03 Å². The van der Waals surface area contributed by atoms with E-state index in [4.69, 9.17) is 0 Å². The van der Waals surface area contributed by atoms with E-state index in [0.717, 1.165) is 11.3 Å². The van der Waals surface area contributed by atoms with Gasteiger partial charge in [-0.25, -0.2) is 14.8 Å². The Balaban J connectivity index is 1.72. The summed E-state index contributed by atoms with van der Waals surface area (Å²) in [5, 5.41) is 8.34. The van der Waals surface area contributed by atoms with Crippen LogP contribution in [0.4, 0.5) is 10.7 Å². The molecule has 0 saturated heterocycles.